The highest BCUT2D eigenvalue weighted by Gasteiger charge is 2.34. The van der Waals surface area contributed by atoms with Crippen LogP contribution < -0.4 is 0 Å². The molecule has 37 heavy (non-hydrogen) atoms. The summed E-state index contributed by atoms with van der Waals surface area (Å²) < 4.78 is 8.76. The summed E-state index contributed by atoms with van der Waals surface area (Å²) in [7, 11) is 0. The second kappa shape index (κ2) is 9.69. The lowest BCUT2D eigenvalue weighted by Gasteiger charge is -2.36. The first-order valence-electron chi connectivity index (χ1n) is 12.3. The SMILES string of the molecule is [C-]#[N+]/C(C#N)=C1C=C(/C=C/c2ccc3c(c2)c(C)c(C)n3-c2ccccc2)OC(C)(c2ccccc2)C/1. The Morgan fingerprint density at radius 1 is 1.03 bits per heavy atom. The Balaban J connectivity index is 1.54. The molecule has 0 aliphatic carbocycles. The first-order chi connectivity index (χ1) is 17.9. The first kappa shape index (κ1) is 23.9. The van der Waals surface area contributed by atoms with Crippen molar-refractivity contribution in [1.82, 2.24) is 4.57 Å². The molecule has 0 spiro atoms. The van der Waals surface area contributed by atoms with Crippen LogP contribution in [-0.4, -0.2) is 4.57 Å². The summed E-state index contributed by atoms with van der Waals surface area (Å²) in [6.45, 7) is 13.8. The molecule has 0 radical (unpaired) electrons. The van der Waals surface area contributed by atoms with Gasteiger partial charge in [-0.05, 0) is 79.5 Å². The topological polar surface area (TPSA) is 42.3 Å². The highest BCUT2D eigenvalue weighted by molar-refractivity contribution is 5.89. The van der Waals surface area contributed by atoms with Crippen molar-refractivity contribution in [3.63, 3.8) is 0 Å². The van der Waals surface area contributed by atoms with Gasteiger partial charge in [-0.25, -0.2) is 10.1 Å². The van der Waals surface area contributed by atoms with Gasteiger partial charge in [0.05, 0.1) is 18.2 Å². The molecular formula is C33H27N3O. The first-order valence-corrected chi connectivity index (χ1v) is 12.3. The standard InChI is InChI=1S/C33H27N3O/c1-23-24(2)36(28-13-9-6-10-14-28)32-18-16-25(19-30(23)32)15-17-29-20-26(31(22-34)35-4)21-33(3,37-29)27-11-7-5-8-12-27/h5-20H,21H2,1-3H3/b17-15+,31-26-. The van der Waals surface area contributed by atoms with Gasteiger partial charge in [-0.3, -0.25) is 0 Å². The molecule has 1 unspecified atom stereocenters. The summed E-state index contributed by atoms with van der Waals surface area (Å²) in [4.78, 5) is 3.46. The minimum Gasteiger partial charge on any atom is -0.483 e. The van der Waals surface area contributed by atoms with Gasteiger partial charge < -0.3 is 9.30 Å². The van der Waals surface area contributed by atoms with Crippen molar-refractivity contribution in [2.45, 2.75) is 32.8 Å². The van der Waals surface area contributed by atoms with E-state index >= 15 is 0 Å². The van der Waals surface area contributed by atoms with Crippen LogP contribution in [0.4, 0.5) is 0 Å². The van der Waals surface area contributed by atoms with Crippen molar-refractivity contribution < 1.29 is 4.74 Å². The molecule has 0 bridgehead atoms. The summed E-state index contributed by atoms with van der Waals surface area (Å²) in [5.41, 5.74) is 6.96. The normalized spacial score (nSPS) is 18.7. The van der Waals surface area contributed by atoms with Crippen molar-refractivity contribution >= 4 is 17.0 Å². The van der Waals surface area contributed by atoms with Crippen molar-refractivity contribution in [2.24, 2.45) is 0 Å². The van der Waals surface area contributed by atoms with Gasteiger partial charge in [0.2, 0.25) is 0 Å². The molecule has 1 aliphatic heterocycles. The molecule has 0 N–H and O–H groups in total. The molecule has 180 valence electrons. The molecule has 4 nitrogen and oxygen atoms in total. The molecule has 3 aromatic carbocycles. The number of aryl methyl sites for hydroxylation is 1. The Labute approximate surface area is 217 Å². The van der Waals surface area contributed by atoms with Crippen molar-refractivity contribution in [3.05, 3.63) is 142 Å². The van der Waals surface area contributed by atoms with Crippen LogP contribution in [0.3, 0.4) is 0 Å². The van der Waals surface area contributed by atoms with E-state index in [4.69, 9.17) is 11.3 Å². The van der Waals surface area contributed by atoms with Crippen LogP contribution in [0.25, 0.3) is 27.5 Å². The van der Waals surface area contributed by atoms with E-state index in [9.17, 15) is 5.26 Å². The monoisotopic (exact) mass is 481 g/mol. The number of para-hydroxylation sites is 1. The largest absolute Gasteiger partial charge is 0.483 e. The zero-order chi connectivity index (χ0) is 26.0. The number of aromatic nitrogens is 1. The van der Waals surface area contributed by atoms with E-state index in [1.165, 1.54) is 22.2 Å². The molecular weight excluding hydrogens is 454 g/mol. The van der Waals surface area contributed by atoms with Crippen molar-refractivity contribution in [1.29, 1.82) is 5.26 Å². The summed E-state index contributed by atoms with van der Waals surface area (Å²) in [5.74, 6) is 0.624. The van der Waals surface area contributed by atoms with Crippen LogP contribution in [0.15, 0.2) is 108 Å². The number of fused-ring (bicyclic) bond motifs is 1. The number of benzene rings is 3. The third-order valence-electron chi connectivity index (χ3n) is 7.09. The van der Waals surface area contributed by atoms with Crippen molar-refractivity contribution in [2.75, 3.05) is 0 Å². The zero-order valence-corrected chi connectivity index (χ0v) is 21.2. The van der Waals surface area contributed by atoms with Gasteiger partial charge in [0.25, 0.3) is 5.70 Å². The van der Waals surface area contributed by atoms with Gasteiger partial charge >= 0.3 is 0 Å². The fourth-order valence-corrected chi connectivity index (χ4v) is 5.05. The molecule has 0 saturated carbocycles. The van der Waals surface area contributed by atoms with Crippen molar-refractivity contribution in [3.8, 4) is 11.8 Å². The van der Waals surface area contributed by atoms with Gasteiger partial charge in [-0.15, -0.1) is 0 Å². The van der Waals surface area contributed by atoms with Crippen LogP contribution in [0.2, 0.25) is 0 Å². The molecule has 1 aliphatic rings. The second-order valence-corrected chi connectivity index (χ2v) is 9.51. The van der Waals surface area contributed by atoms with Crippen LogP contribution in [-0.2, 0) is 10.3 Å². The van der Waals surface area contributed by atoms with E-state index in [1.807, 2.05) is 61.5 Å². The molecule has 1 atom stereocenters. The number of nitriles is 1. The number of rotatable bonds is 4. The maximum Gasteiger partial charge on any atom is 0.265 e. The van der Waals surface area contributed by atoms with Gasteiger partial charge in [0.15, 0.2) is 0 Å². The lowest BCUT2D eigenvalue weighted by Crippen LogP contribution is -2.29. The highest BCUT2D eigenvalue weighted by Crippen LogP contribution is 2.40. The minimum absolute atomic E-state index is 0.103. The summed E-state index contributed by atoms with van der Waals surface area (Å²) >= 11 is 0. The number of hydrogen-bond donors (Lipinski definition) is 0. The maximum absolute atomic E-state index is 9.53. The molecule has 5 rings (SSSR count). The fourth-order valence-electron chi connectivity index (χ4n) is 5.05. The molecule has 1 aromatic heterocycles. The molecule has 2 heterocycles. The number of ether oxygens (including phenoxy) is 1. The van der Waals surface area contributed by atoms with Gasteiger partial charge in [-0.1, -0.05) is 60.7 Å². The van der Waals surface area contributed by atoms with E-state index in [2.05, 4.69) is 71.8 Å². The molecule has 0 amide bonds. The number of hydrogen-bond acceptors (Lipinski definition) is 2. The quantitative estimate of drug-likeness (QED) is 0.218. The van der Waals surface area contributed by atoms with Crippen LogP contribution >= 0.6 is 0 Å². The summed E-state index contributed by atoms with van der Waals surface area (Å²) in [5, 5.41) is 10.7. The smallest absolute Gasteiger partial charge is 0.265 e. The van der Waals surface area contributed by atoms with Crippen LogP contribution in [0, 0.1) is 31.8 Å². The van der Waals surface area contributed by atoms with Crippen LogP contribution in [0.5, 0.6) is 0 Å². The predicted molar refractivity (Wildman–Crippen MR) is 149 cm³/mol. The van der Waals surface area contributed by atoms with E-state index in [-0.39, 0.29) is 5.70 Å². The molecule has 4 aromatic rings. The molecule has 0 saturated heterocycles. The van der Waals surface area contributed by atoms with Crippen LogP contribution in [0.1, 0.15) is 35.7 Å². The molecule has 4 heteroatoms. The Kier molecular flexibility index (Phi) is 6.26. The third kappa shape index (κ3) is 4.46. The minimum atomic E-state index is -0.678. The number of nitrogens with zero attached hydrogens (tertiary/aromatic N) is 3. The zero-order valence-electron chi connectivity index (χ0n) is 21.2. The highest BCUT2D eigenvalue weighted by atomic mass is 16.5. The van der Waals surface area contributed by atoms with E-state index in [0.29, 0.717) is 17.8 Å². The Morgan fingerprint density at radius 3 is 2.41 bits per heavy atom. The number of allylic oxidation sites excluding steroid dienone is 3. The Bertz CT molecular complexity index is 1640. The van der Waals surface area contributed by atoms with E-state index in [1.54, 1.807) is 0 Å². The maximum atomic E-state index is 9.53. The predicted octanol–water partition coefficient (Wildman–Crippen LogP) is 8.18. The average molecular weight is 482 g/mol. The summed E-state index contributed by atoms with van der Waals surface area (Å²) in [6.07, 6.45) is 6.23. The van der Waals surface area contributed by atoms with E-state index in [0.717, 1.165) is 16.8 Å². The lowest BCUT2D eigenvalue weighted by atomic mass is 9.85. The van der Waals surface area contributed by atoms with Gasteiger partial charge in [0, 0.05) is 23.2 Å². The average Bonchev–Trinajstić information content (AvgIpc) is 3.18. The lowest BCUT2D eigenvalue weighted by molar-refractivity contribution is 0.0143. The third-order valence-corrected chi connectivity index (χ3v) is 7.09. The Hall–Kier alpha value is -4.80. The van der Waals surface area contributed by atoms with Gasteiger partial charge in [-0.2, -0.15) is 0 Å². The summed E-state index contributed by atoms with van der Waals surface area (Å²) in [6, 6.07) is 28.9. The van der Waals surface area contributed by atoms with E-state index < -0.39 is 5.60 Å². The fraction of sp³-hybridized carbons (Fsp3) is 0.152. The second-order valence-electron chi connectivity index (χ2n) is 9.51. The molecule has 0 fully saturated rings. The Morgan fingerprint density at radius 2 is 1.73 bits per heavy atom. The van der Waals surface area contributed by atoms with Gasteiger partial charge in [0.1, 0.15) is 11.4 Å².